The van der Waals surface area contributed by atoms with Crippen LogP contribution >= 0.6 is 0 Å². The molecule has 21 heavy (non-hydrogen) atoms. The number of hydrogen-bond acceptors (Lipinski definition) is 3. The maximum atomic E-state index is 13.6. The molecular formula is C16H24FN3O. The zero-order chi connectivity index (χ0) is 15.2. The van der Waals surface area contributed by atoms with E-state index in [1.54, 1.807) is 6.07 Å². The molecule has 0 saturated carbocycles. The van der Waals surface area contributed by atoms with Crippen molar-refractivity contribution in [3.8, 4) is 0 Å². The number of nitrogens with zero attached hydrogens (tertiary/aromatic N) is 2. The summed E-state index contributed by atoms with van der Waals surface area (Å²) < 4.78 is 13.6. The Morgan fingerprint density at radius 1 is 1.38 bits per heavy atom. The normalized spacial score (nSPS) is 18.1. The quantitative estimate of drug-likeness (QED) is 0.380. The first-order chi connectivity index (χ1) is 10.1. The number of nitrogens with two attached hydrogens (primary N) is 1. The molecular weight excluding hydrogens is 269 g/mol. The molecule has 3 N–H and O–H groups in total. The first kappa shape index (κ1) is 15.8. The number of halogens is 1. The second-order valence-electron chi connectivity index (χ2n) is 5.84. The Kier molecular flexibility index (Phi) is 5.56. The summed E-state index contributed by atoms with van der Waals surface area (Å²) in [6, 6.07) is 4.59. The molecule has 5 heteroatoms. The Hall–Kier alpha value is -1.62. The van der Waals surface area contributed by atoms with E-state index in [0.717, 1.165) is 24.6 Å². The lowest BCUT2D eigenvalue weighted by Gasteiger charge is -2.32. The molecule has 1 aliphatic heterocycles. The predicted molar refractivity (Wildman–Crippen MR) is 81.8 cm³/mol. The van der Waals surface area contributed by atoms with Gasteiger partial charge in [-0.25, -0.2) is 4.39 Å². The van der Waals surface area contributed by atoms with Gasteiger partial charge in [-0.1, -0.05) is 24.9 Å². The van der Waals surface area contributed by atoms with E-state index in [1.165, 1.54) is 37.8 Å². The third-order valence-electron chi connectivity index (χ3n) is 4.17. The summed E-state index contributed by atoms with van der Waals surface area (Å²) >= 11 is 0. The van der Waals surface area contributed by atoms with Crippen molar-refractivity contribution >= 4 is 5.84 Å². The van der Waals surface area contributed by atoms with Crippen LogP contribution in [0.3, 0.4) is 0 Å². The van der Waals surface area contributed by atoms with E-state index in [0.29, 0.717) is 12.1 Å². The summed E-state index contributed by atoms with van der Waals surface area (Å²) in [5.74, 6) is 0.430. The number of amidine groups is 1. The Morgan fingerprint density at radius 2 is 2.10 bits per heavy atom. The van der Waals surface area contributed by atoms with Crippen molar-refractivity contribution < 1.29 is 9.60 Å². The van der Waals surface area contributed by atoms with E-state index < -0.39 is 0 Å². The lowest BCUT2D eigenvalue weighted by Crippen LogP contribution is -2.33. The third kappa shape index (κ3) is 4.43. The van der Waals surface area contributed by atoms with E-state index in [2.05, 4.69) is 17.0 Å². The van der Waals surface area contributed by atoms with Crippen molar-refractivity contribution in [3.63, 3.8) is 0 Å². The van der Waals surface area contributed by atoms with E-state index in [9.17, 15) is 4.39 Å². The second-order valence-corrected chi connectivity index (χ2v) is 5.84. The fourth-order valence-electron chi connectivity index (χ4n) is 3.05. The van der Waals surface area contributed by atoms with Crippen molar-refractivity contribution in [2.24, 2.45) is 16.8 Å². The Bertz CT molecular complexity index is 496. The van der Waals surface area contributed by atoms with Gasteiger partial charge in [0.25, 0.3) is 0 Å². The molecule has 1 saturated heterocycles. The topological polar surface area (TPSA) is 61.8 Å². The molecule has 116 valence electrons. The van der Waals surface area contributed by atoms with E-state index in [-0.39, 0.29) is 11.7 Å². The highest BCUT2D eigenvalue weighted by Gasteiger charge is 2.18. The minimum Gasteiger partial charge on any atom is -0.409 e. The second kappa shape index (κ2) is 7.41. The number of benzene rings is 1. The minimum absolute atomic E-state index is 0.0580. The highest BCUT2D eigenvalue weighted by Crippen LogP contribution is 2.23. The molecule has 0 bridgehead atoms. The smallest absolute Gasteiger partial charge is 0.170 e. The van der Waals surface area contributed by atoms with Gasteiger partial charge < -0.3 is 10.9 Å². The molecule has 1 aliphatic rings. The largest absolute Gasteiger partial charge is 0.409 e. The predicted octanol–water partition coefficient (Wildman–Crippen LogP) is 2.93. The number of piperidine rings is 1. The highest BCUT2D eigenvalue weighted by atomic mass is 19.1. The summed E-state index contributed by atoms with van der Waals surface area (Å²) in [7, 11) is 0. The van der Waals surface area contributed by atoms with Crippen molar-refractivity contribution in [2.45, 2.75) is 39.2 Å². The van der Waals surface area contributed by atoms with Gasteiger partial charge in [0, 0.05) is 12.1 Å². The fraction of sp³-hybridized carbons (Fsp3) is 0.562. The van der Waals surface area contributed by atoms with Gasteiger partial charge in [0.2, 0.25) is 0 Å². The number of likely N-dealkylation sites (tertiary alicyclic amines) is 1. The summed E-state index contributed by atoms with van der Waals surface area (Å²) in [5, 5.41) is 11.6. The molecule has 1 fully saturated rings. The molecule has 0 aromatic heterocycles. The van der Waals surface area contributed by atoms with Gasteiger partial charge in [-0.2, -0.15) is 0 Å². The van der Waals surface area contributed by atoms with Crippen LogP contribution in [0.25, 0.3) is 0 Å². The van der Waals surface area contributed by atoms with E-state index in [4.69, 9.17) is 10.9 Å². The van der Waals surface area contributed by atoms with Gasteiger partial charge in [0.05, 0.1) is 0 Å². The SMILES string of the molecule is CCCC1CCN(Cc2cc(F)cc(/C(N)=N/O)c2)CC1. The van der Waals surface area contributed by atoms with Gasteiger partial charge in [-0.3, -0.25) is 4.90 Å². The lowest BCUT2D eigenvalue weighted by atomic mass is 9.92. The lowest BCUT2D eigenvalue weighted by molar-refractivity contribution is 0.171. The summed E-state index contributed by atoms with van der Waals surface area (Å²) in [6.45, 7) is 5.05. The molecule has 0 radical (unpaired) electrons. The first-order valence-corrected chi connectivity index (χ1v) is 7.62. The molecule has 1 aromatic carbocycles. The maximum Gasteiger partial charge on any atom is 0.170 e. The van der Waals surface area contributed by atoms with Crippen LogP contribution in [-0.4, -0.2) is 29.0 Å². The molecule has 1 heterocycles. The number of hydrogen-bond donors (Lipinski definition) is 2. The number of oxime groups is 1. The van der Waals surface area contributed by atoms with Crippen molar-refractivity contribution in [1.29, 1.82) is 0 Å². The van der Waals surface area contributed by atoms with Crippen LogP contribution < -0.4 is 5.73 Å². The molecule has 4 nitrogen and oxygen atoms in total. The minimum atomic E-state index is -0.352. The Labute approximate surface area is 125 Å². The van der Waals surface area contributed by atoms with Gasteiger partial charge >= 0.3 is 0 Å². The third-order valence-corrected chi connectivity index (χ3v) is 4.17. The Balaban J connectivity index is 1.99. The standard InChI is InChI=1S/C16H24FN3O/c1-2-3-12-4-6-20(7-5-12)11-13-8-14(16(18)19-21)10-15(17)9-13/h8-10,12,21H,2-7,11H2,1H3,(H2,18,19). The van der Waals surface area contributed by atoms with Crippen LogP contribution in [0.15, 0.2) is 23.4 Å². The molecule has 0 spiro atoms. The summed E-state index contributed by atoms with van der Waals surface area (Å²) in [5.41, 5.74) is 6.83. The van der Waals surface area contributed by atoms with E-state index >= 15 is 0 Å². The van der Waals surface area contributed by atoms with Crippen LogP contribution in [-0.2, 0) is 6.54 Å². The van der Waals surface area contributed by atoms with E-state index in [1.807, 2.05) is 0 Å². The van der Waals surface area contributed by atoms with Gasteiger partial charge in [-0.15, -0.1) is 0 Å². The molecule has 0 unspecified atom stereocenters. The van der Waals surface area contributed by atoms with Gasteiger partial charge in [0.15, 0.2) is 5.84 Å². The van der Waals surface area contributed by atoms with Crippen molar-refractivity contribution in [3.05, 3.63) is 35.1 Å². The van der Waals surface area contributed by atoms with Crippen LogP contribution in [0, 0.1) is 11.7 Å². The van der Waals surface area contributed by atoms with Crippen molar-refractivity contribution in [2.75, 3.05) is 13.1 Å². The molecule has 0 atom stereocenters. The maximum absolute atomic E-state index is 13.6. The average Bonchev–Trinajstić information content (AvgIpc) is 2.48. The zero-order valence-corrected chi connectivity index (χ0v) is 12.6. The first-order valence-electron chi connectivity index (χ1n) is 7.62. The van der Waals surface area contributed by atoms with Gasteiger partial charge in [-0.05, 0) is 55.6 Å². The van der Waals surface area contributed by atoms with Crippen LogP contribution in [0.5, 0.6) is 0 Å². The molecule has 0 aliphatic carbocycles. The average molecular weight is 293 g/mol. The summed E-state index contributed by atoms with van der Waals surface area (Å²) in [4.78, 5) is 2.34. The van der Waals surface area contributed by atoms with Crippen LogP contribution in [0.2, 0.25) is 0 Å². The van der Waals surface area contributed by atoms with Crippen LogP contribution in [0.4, 0.5) is 4.39 Å². The molecule has 2 rings (SSSR count). The molecule has 1 aromatic rings. The highest BCUT2D eigenvalue weighted by molar-refractivity contribution is 5.97. The Morgan fingerprint density at radius 3 is 2.71 bits per heavy atom. The zero-order valence-electron chi connectivity index (χ0n) is 12.6. The number of rotatable bonds is 5. The molecule has 0 amide bonds. The van der Waals surface area contributed by atoms with Crippen molar-refractivity contribution in [1.82, 2.24) is 4.90 Å². The monoisotopic (exact) mass is 293 g/mol. The fourth-order valence-corrected chi connectivity index (χ4v) is 3.05. The summed E-state index contributed by atoms with van der Waals surface area (Å²) in [6.07, 6.45) is 4.99. The van der Waals surface area contributed by atoms with Crippen LogP contribution in [0.1, 0.15) is 43.7 Å². The van der Waals surface area contributed by atoms with Gasteiger partial charge in [0.1, 0.15) is 5.82 Å².